The molecule has 0 aliphatic carbocycles. The molecule has 5 nitrogen and oxygen atoms in total. The summed E-state index contributed by atoms with van der Waals surface area (Å²) in [7, 11) is 0. The summed E-state index contributed by atoms with van der Waals surface area (Å²) < 4.78 is 11.7. The van der Waals surface area contributed by atoms with Crippen LogP contribution in [0.4, 0.5) is 5.69 Å². The van der Waals surface area contributed by atoms with E-state index in [4.69, 9.17) is 44.3 Å². The van der Waals surface area contributed by atoms with E-state index in [2.05, 4.69) is 5.32 Å². The summed E-state index contributed by atoms with van der Waals surface area (Å²) in [6, 6.07) is 13.9. The van der Waals surface area contributed by atoms with E-state index in [0.29, 0.717) is 56.5 Å². The van der Waals surface area contributed by atoms with Crippen LogP contribution in [-0.2, 0) is 13.2 Å². The standard InChI is InChI=1S/C24H22Cl3NO4/c1-3-31-22-10-15(12-28-21-9-4-6-16(14(21)2)24(29)30)20(27)11-23(22)32-13-17-18(25)7-5-8-19(17)26/h4-11,28H,3,12-13H2,1-2H3,(H,29,30). The van der Waals surface area contributed by atoms with Gasteiger partial charge in [0.2, 0.25) is 0 Å². The van der Waals surface area contributed by atoms with Crippen LogP contribution in [-0.4, -0.2) is 17.7 Å². The molecule has 0 radical (unpaired) electrons. The molecule has 168 valence electrons. The van der Waals surface area contributed by atoms with E-state index >= 15 is 0 Å². The molecule has 0 aromatic heterocycles. The molecule has 0 aliphatic rings. The quantitative estimate of drug-likeness (QED) is 0.328. The average Bonchev–Trinajstić information content (AvgIpc) is 2.74. The van der Waals surface area contributed by atoms with Crippen LogP contribution in [0.25, 0.3) is 0 Å². The fraction of sp³-hybridized carbons (Fsp3) is 0.208. The van der Waals surface area contributed by atoms with Gasteiger partial charge in [-0.2, -0.15) is 0 Å². The summed E-state index contributed by atoms with van der Waals surface area (Å²) in [6.45, 7) is 4.61. The zero-order valence-electron chi connectivity index (χ0n) is 17.5. The molecule has 0 aliphatic heterocycles. The Morgan fingerprint density at radius 2 is 1.62 bits per heavy atom. The molecule has 0 atom stereocenters. The van der Waals surface area contributed by atoms with Gasteiger partial charge in [0.25, 0.3) is 0 Å². The molecule has 3 aromatic carbocycles. The van der Waals surface area contributed by atoms with Crippen molar-refractivity contribution in [3.8, 4) is 11.5 Å². The number of rotatable bonds is 9. The SMILES string of the molecule is CCOc1cc(CNc2cccc(C(=O)O)c2C)c(Cl)cc1OCc1c(Cl)cccc1Cl. The maximum Gasteiger partial charge on any atom is 0.336 e. The van der Waals surface area contributed by atoms with Gasteiger partial charge in [0.15, 0.2) is 11.5 Å². The van der Waals surface area contributed by atoms with Crippen LogP contribution in [0.15, 0.2) is 48.5 Å². The van der Waals surface area contributed by atoms with Crippen LogP contribution in [0.5, 0.6) is 11.5 Å². The van der Waals surface area contributed by atoms with Crippen LogP contribution in [0.3, 0.4) is 0 Å². The number of hydrogen-bond donors (Lipinski definition) is 2. The van der Waals surface area contributed by atoms with Crippen molar-refractivity contribution < 1.29 is 19.4 Å². The summed E-state index contributed by atoms with van der Waals surface area (Å²) in [4.78, 5) is 11.4. The van der Waals surface area contributed by atoms with Crippen LogP contribution in [0.2, 0.25) is 15.1 Å². The van der Waals surface area contributed by atoms with Crippen molar-refractivity contribution in [2.75, 3.05) is 11.9 Å². The topological polar surface area (TPSA) is 67.8 Å². The van der Waals surface area contributed by atoms with Crippen molar-refractivity contribution in [1.82, 2.24) is 0 Å². The lowest BCUT2D eigenvalue weighted by Crippen LogP contribution is -2.07. The van der Waals surface area contributed by atoms with E-state index in [1.54, 1.807) is 49.4 Å². The molecule has 0 fully saturated rings. The second kappa shape index (κ2) is 10.8. The lowest BCUT2D eigenvalue weighted by Gasteiger charge is -2.17. The molecule has 0 bridgehead atoms. The Labute approximate surface area is 201 Å². The van der Waals surface area contributed by atoms with Gasteiger partial charge in [-0.1, -0.05) is 46.9 Å². The molecule has 0 spiro atoms. The number of carbonyl (C=O) groups is 1. The molecule has 3 rings (SSSR count). The largest absolute Gasteiger partial charge is 0.490 e. The molecule has 3 aromatic rings. The Hall–Kier alpha value is -2.60. The number of ether oxygens (including phenoxy) is 2. The minimum atomic E-state index is -0.970. The van der Waals surface area contributed by atoms with Crippen LogP contribution < -0.4 is 14.8 Å². The average molecular weight is 495 g/mol. The van der Waals surface area contributed by atoms with E-state index in [1.165, 1.54) is 0 Å². The summed E-state index contributed by atoms with van der Waals surface area (Å²) in [6.07, 6.45) is 0. The number of aromatic carboxylic acids is 1. The van der Waals surface area contributed by atoms with Gasteiger partial charge in [0.05, 0.1) is 12.2 Å². The Bertz CT molecular complexity index is 1110. The molecular weight excluding hydrogens is 473 g/mol. The zero-order chi connectivity index (χ0) is 23.3. The zero-order valence-corrected chi connectivity index (χ0v) is 19.8. The van der Waals surface area contributed by atoms with E-state index in [0.717, 1.165) is 5.56 Å². The van der Waals surface area contributed by atoms with E-state index < -0.39 is 5.97 Å². The van der Waals surface area contributed by atoms with Gasteiger partial charge in [0.1, 0.15) is 6.61 Å². The van der Waals surface area contributed by atoms with E-state index in [1.807, 2.05) is 13.0 Å². The smallest absolute Gasteiger partial charge is 0.336 e. The summed E-state index contributed by atoms with van der Waals surface area (Å²) in [5, 5.41) is 14.1. The first kappa shape index (κ1) is 24.1. The first-order valence-electron chi connectivity index (χ1n) is 9.89. The molecular formula is C24H22Cl3NO4. The third-order valence-electron chi connectivity index (χ3n) is 4.88. The van der Waals surface area contributed by atoms with Gasteiger partial charge in [-0.15, -0.1) is 0 Å². The van der Waals surface area contributed by atoms with Gasteiger partial charge < -0.3 is 19.9 Å². The second-order valence-electron chi connectivity index (χ2n) is 6.95. The number of carboxylic acid groups (broad SMARTS) is 1. The lowest BCUT2D eigenvalue weighted by molar-refractivity contribution is 0.0696. The molecule has 0 amide bonds. The van der Waals surface area contributed by atoms with E-state index in [-0.39, 0.29) is 12.2 Å². The van der Waals surface area contributed by atoms with Crippen LogP contribution in [0, 0.1) is 6.92 Å². The first-order chi connectivity index (χ1) is 15.3. The molecule has 2 N–H and O–H groups in total. The number of anilines is 1. The van der Waals surface area contributed by atoms with Crippen molar-refractivity contribution in [2.24, 2.45) is 0 Å². The third-order valence-corrected chi connectivity index (χ3v) is 5.94. The van der Waals surface area contributed by atoms with Crippen molar-refractivity contribution >= 4 is 46.5 Å². The fourth-order valence-electron chi connectivity index (χ4n) is 3.16. The molecule has 0 heterocycles. The molecule has 32 heavy (non-hydrogen) atoms. The fourth-order valence-corrected chi connectivity index (χ4v) is 3.89. The highest BCUT2D eigenvalue weighted by Crippen LogP contribution is 2.36. The summed E-state index contributed by atoms with van der Waals surface area (Å²) in [5.74, 6) is 0.0384. The van der Waals surface area contributed by atoms with Gasteiger partial charge in [-0.3, -0.25) is 0 Å². The van der Waals surface area contributed by atoms with Crippen molar-refractivity contribution in [1.29, 1.82) is 0 Å². The highest BCUT2D eigenvalue weighted by Gasteiger charge is 2.15. The van der Waals surface area contributed by atoms with Crippen molar-refractivity contribution in [2.45, 2.75) is 27.0 Å². The molecule has 0 saturated carbocycles. The highest BCUT2D eigenvalue weighted by molar-refractivity contribution is 6.36. The predicted molar refractivity (Wildman–Crippen MR) is 129 cm³/mol. The second-order valence-corrected chi connectivity index (χ2v) is 8.17. The lowest BCUT2D eigenvalue weighted by atomic mass is 10.1. The number of carboxylic acids is 1. The number of benzene rings is 3. The first-order valence-corrected chi connectivity index (χ1v) is 11.0. The van der Waals surface area contributed by atoms with Crippen molar-refractivity contribution in [3.63, 3.8) is 0 Å². The Balaban J connectivity index is 1.81. The number of hydrogen-bond acceptors (Lipinski definition) is 4. The Kier molecular flexibility index (Phi) is 8.13. The normalized spacial score (nSPS) is 10.7. The van der Waals surface area contributed by atoms with Gasteiger partial charge >= 0.3 is 5.97 Å². The Morgan fingerprint density at radius 3 is 2.28 bits per heavy atom. The third kappa shape index (κ3) is 5.60. The van der Waals surface area contributed by atoms with Gasteiger partial charge in [-0.25, -0.2) is 4.79 Å². The molecule has 8 heteroatoms. The number of nitrogens with one attached hydrogen (secondary N) is 1. The monoisotopic (exact) mass is 493 g/mol. The maximum absolute atomic E-state index is 11.4. The number of halogens is 3. The highest BCUT2D eigenvalue weighted by atomic mass is 35.5. The minimum absolute atomic E-state index is 0.160. The summed E-state index contributed by atoms with van der Waals surface area (Å²) >= 11 is 19.0. The van der Waals surface area contributed by atoms with Crippen molar-refractivity contribution in [3.05, 3.63) is 85.9 Å². The Morgan fingerprint density at radius 1 is 0.969 bits per heavy atom. The van der Waals surface area contributed by atoms with Crippen LogP contribution >= 0.6 is 34.8 Å². The van der Waals surface area contributed by atoms with Gasteiger partial charge in [0, 0.05) is 38.9 Å². The van der Waals surface area contributed by atoms with E-state index in [9.17, 15) is 9.90 Å². The molecule has 0 unspecified atom stereocenters. The predicted octanol–water partition coefficient (Wildman–Crippen LogP) is 7.24. The summed E-state index contributed by atoms with van der Waals surface area (Å²) in [5.41, 5.74) is 3.07. The van der Waals surface area contributed by atoms with Crippen LogP contribution in [0.1, 0.15) is 34.0 Å². The minimum Gasteiger partial charge on any atom is -0.490 e. The molecule has 0 saturated heterocycles. The van der Waals surface area contributed by atoms with Gasteiger partial charge in [-0.05, 0) is 55.3 Å². The maximum atomic E-state index is 11.4.